The fraction of sp³-hybridized carbons (Fsp3) is 0.150. The van der Waals surface area contributed by atoms with E-state index < -0.39 is 17.2 Å². The molecule has 0 aliphatic carbocycles. The molecule has 1 N–H and O–H groups in total. The summed E-state index contributed by atoms with van der Waals surface area (Å²) >= 11 is 1.43. The molecule has 7 nitrogen and oxygen atoms in total. The van der Waals surface area contributed by atoms with Crippen LogP contribution in [0.1, 0.15) is 16.8 Å². The maximum absolute atomic E-state index is 14.4. The van der Waals surface area contributed by atoms with Crippen LogP contribution >= 0.6 is 11.3 Å². The Balaban J connectivity index is 1.81. The van der Waals surface area contributed by atoms with Gasteiger partial charge in [0.05, 0.1) is 28.1 Å². The number of hydrogen-bond acceptors (Lipinski definition) is 6. The van der Waals surface area contributed by atoms with E-state index in [2.05, 4.69) is 24.9 Å². The van der Waals surface area contributed by atoms with Crippen LogP contribution in [0.4, 0.5) is 8.78 Å². The molecule has 0 spiro atoms. The summed E-state index contributed by atoms with van der Waals surface area (Å²) in [5, 5.41) is 0.420. The Morgan fingerprint density at radius 2 is 1.93 bits per heavy atom. The van der Waals surface area contributed by atoms with Crippen molar-refractivity contribution in [3.63, 3.8) is 0 Å². The highest BCUT2D eigenvalue weighted by molar-refractivity contribution is 7.13. The lowest BCUT2D eigenvalue weighted by Gasteiger charge is -2.13. The van der Waals surface area contributed by atoms with Gasteiger partial charge < -0.3 is 9.55 Å². The predicted molar refractivity (Wildman–Crippen MR) is 109 cm³/mol. The highest BCUT2D eigenvalue weighted by Gasteiger charge is 2.21. The minimum absolute atomic E-state index is 0.161. The number of H-pyrrole nitrogens is 1. The van der Waals surface area contributed by atoms with Crippen LogP contribution in [0, 0.1) is 25.5 Å². The van der Waals surface area contributed by atoms with Crippen molar-refractivity contribution in [1.29, 1.82) is 0 Å². The van der Waals surface area contributed by atoms with Crippen molar-refractivity contribution < 1.29 is 8.78 Å². The van der Waals surface area contributed by atoms with E-state index in [1.54, 1.807) is 24.8 Å². The molecule has 150 valence electrons. The second-order valence-electron chi connectivity index (χ2n) is 6.83. The number of pyridine rings is 1. The SMILES string of the molecule is Cc1ncsc1-c1nc2nccnc2n1Cc1c(C)c(=O)[nH]c2c(F)c(F)ccc12. The van der Waals surface area contributed by atoms with Crippen molar-refractivity contribution in [3.05, 3.63) is 68.8 Å². The average molecular weight is 424 g/mol. The molecule has 0 saturated carbocycles. The Bertz CT molecular complexity index is 1500. The van der Waals surface area contributed by atoms with Crippen molar-refractivity contribution in [2.75, 3.05) is 0 Å². The van der Waals surface area contributed by atoms with Gasteiger partial charge in [0.25, 0.3) is 5.56 Å². The maximum Gasteiger partial charge on any atom is 0.251 e. The summed E-state index contributed by atoms with van der Waals surface area (Å²) < 4.78 is 30.0. The number of aryl methyl sites for hydroxylation is 1. The third-order valence-corrected chi connectivity index (χ3v) is 6.02. The van der Waals surface area contributed by atoms with E-state index in [9.17, 15) is 13.6 Å². The third kappa shape index (κ3) is 2.71. The number of benzene rings is 1. The number of imidazole rings is 1. The normalized spacial score (nSPS) is 11.6. The summed E-state index contributed by atoms with van der Waals surface area (Å²) in [5.74, 6) is -1.50. The fourth-order valence-electron chi connectivity index (χ4n) is 3.53. The van der Waals surface area contributed by atoms with Crippen LogP contribution in [-0.4, -0.2) is 29.5 Å². The van der Waals surface area contributed by atoms with Crippen LogP contribution in [0.3, 0.4) is 0 Å². The van der Waals surface area contributed by atoms with E-state index in [4.69, 9.17) is 0 Å². The minimum atomic E-state index is -1.08. The fourth-order valence-corrected chi connectivity index (χ4v) is 4.33. The quantitative estimate of drug-likeness (QED) is 0.477. The molecule has 4 heterocycles. The Morgan fingerprint density at radius 3 is 2.70 bits per heavy atom. The summed E-state index contributed by atoms with van der Waals surface area (Å²) in [6, 6.07) is 2.52. The zero-order valence-corrected chi connectivity index (χ0v) is 16.7. The molecular formula is C20H14F2N6OS. The van der Waals surface area contributed by atoms with Crippen molar-refractivity contribution in [2.24, 2.45) is 0 Å². The van der Waals surface area contributed by atoms with E-state index in [0.29, 0.717) is 33.6 Å². The van der Waals surface area contributed by atoms with Gasteiger partial charge in [-0.15, -0.1) is 11.3 Å². The summed E-state index contributed by atoms with van der Waals surface area (Å²) in [5.41, 5.74) is 3.82. The van der Waals surface area contributed by atoms with Crippen molar-refractivity contribution >= 4 is 33.5 Å². The number of fused-ring (bicyclic) bond motifs is 2. The van der Waals surface area contributed by atoms with Gasteiger partial charge in [0.15, 0.2) is 28.8 Å². The first kappa shape index (κ1) is 18.5. The highest BCUT2D eigenvalue weighted by atomic mass is 32.1. The molecule has 5 rings (SSSR count). The number of hydrogen-bond donors (Lipinski definition) is 1. The Labute approximate surface area is 172 Å². The van der Waals surface area contributed by atoms with E-state index in [1.807, 2.05) is 11.5 Å². The largest absolute Gasteiger partial charge is 0.319 e. The van der Waals surface area contributed by atoms with Crippen LogP contribution in [0.25, 0.3) is 32.9 Å². The molecule has 0 aliphatic heterocycles. The van der Waals surface area contributed by atoms with Gasteiger partial charge in [-0.05, 0) is 31.5 Å². The zero-order valence-electron chi connectivity index (χ0n) is 15.9. The number of nitrogens with zero attached hydrogens (tertiary/aromatic N) is 5. The van der Waals surface area contributed by atoms with E-state index in [-0.39, 0.29) is 12.1 Å². The summed E-state index contributed by atoms with van der Waals surface area (Å²) in [4.78, 5) is 33.4. The second kappa shape index (κ2) is 6.77. The molecule has 0 atom stereocenters. The standard InChI is InChI=1S/C20H14F2N6OS/c1-9-12(11-3-4-13(21)14(22)15(11)26-20(9)29)7-28-18(16-10(2)25-8-30-16)27-17-19(28)24-6-5-23-17/h3-6,8H,7H2,1-2H3,(H,26,29). The molecule has 0 saturated heterocycles. The number of aromatic nitrogens is 6. The van der Waals surface area contributed by atoms with Gasteiger partial charge in [0, 0.05) is 23.3 Å². The number of aromatic amines is 1. The van der Waals surface area contributed by atoms with Gasteiger partial charge in [-0.25, -0.2) is 28.7 Å². The maximum atomic E-state index is 14.4. The predicted octanol–water partition coefficient (Wildman–Crippen LogP) is 3.73. The molecule has 0 aliphatic rings. The molecule has 0 radical (unpaired) electrons. The number of nitrogens with one attached hydrogen (secondary N) is 1. The smallest absolute Gasteiger partial charge is 0.251 e. The second-order valence-corrected chi connectivity index (χ2v) is 7.69. The number of rotatable bonds is 3. The van der Waals surface area contributed by atoms with Crippen LogP contribution in [0.5, 0.6) is 0 Å². The average Bonchev–Trinajstić information content (AvgIpc) is 3.32. The molecule has 0 amide bonds. The lowest BCUT2D eigenvalue weighted by molar-refractivity contribution is 0.515. The molecule has 5 aromatic rings. The number of thiazole rings is 1. The first-order valence-electron chi connectivity index (χ1n) is 9.03. The van der Waals surface area contributed by atoms with E-state index >= 15 is 0 Å². The van der Waals surface area contributed by atoms with Crippen molar-refractivity contribution in [1.82, 2.24) is 29.5 Å². The molecule has 0 fully saturated rings. The van der Waals surface area contributed by atoms with Gasteiger partial charge in [0.1, 0.15) is 0 Å². The molecule has 0 unspecified atom stereocenters. The van der Waals surface area contributed by atoms with Crippen LogP contribution in [-0.2, 0) is 6.54 Å². The first-order valence-corrected chi connectivity index (χ1v) is 9.91. The minimum Gasteiger partial charge on any atom is -0.319 e. The summed E-state index contributed by atoms with van der Waals surface area (Å²) in [6.45, 7) is 3.71. The van der Waals surface area contributed by atoms with Crippen molar-refractivity contribution in [3.8, 4) is 10.7 Å². The van der Waals surface area contributed by atoms with Crippen LogP contribution in [0.15, 0.2) is 34.8 Å². The number of halogens is 2. The van der Waals surface area contributed by atoms with Gasteiger partial charge in [0.2, 0.25) is 0 Å². The summed E-state index contributed by atoms with van der Waals surface area (Å²) in [7, 11) is 0. The van der Waals surface area contributed by atoms with Gasteiger partial charge >= 0.3 is 0 Å². The van der Waals surface area contributed by atoms with Crippen LogP contribution in [0.2, 0.25) is 0 Å². The van der Waals surface area contributed by atoms with Crippen molar-refractivity contribution in [2.45, 2.75) is 20.4 Å². The molecule has 1 aromatic carbocycles. The van der Waals surface area contributed by atoms with Gasteiger partial charge in [-0.2, -0.15) is 0 Å². The van der Waals surface area contributed by atoms with Gasteiger partial charge in [-0.1, -0.05) is 0 Å². The lowest BCUT2D eigenvalue weighted by atomic mass is 10.0. The van der Waals surface area contributed by atoms with Crippen LogP contribution < -0.4 is 5.56 Å². The Hall–Kier alpha value is -3.53. The Kier molecular flexibility index (Phi) is 4.17. The molecular weight excluding hydrogens is 410 g/mol. The molecule has 4 aromatic heterocycles. The zero-order chi connectivity index (χ0) is 21.0. The first-order chi connectivity index (χ1) is 14.5. The summed E-state index contributed by atoms with van der Waals surface area (Å²) in [6.07, 6.45) is 3.11. The Morgan fingerprint density at radius 1 is 1.13 bits per heavy atom. The molecule has 0 bridgehead atoms. The monoisotopic (exact) mass is 424 g/mol. The third-order valence-electron chi connectivity index (χ3n) is 5.10. The highest BCUT2D eigenvalue weighted by Crippen LogP contribution is 2.31. The molecule has 10 heteroatoms. The van der Waals surface area contributed by atoms with Gasteiger partial charge in [-0.3, -0.25) is 4.79 Å². The van der Waals surface area contributed by atoms with E-state index in [1.165, 1.54) is 17.4 Å². The van der Waals surface area contributed by atoms with E-state index in [0.717, 1.165) is 16.6 Å². The lowest BCUT2D eigenvalue weighted by Crippen LogP contribution is -2.16. The topological polar surface area (TPSA) is 89.3 Å². The molecule has 30 heavy (non-hydrogen) atoms.